The third-order valence-electron chi connectivity index (χ3n) is 1.98. The van der Waals surface area contributed by atoms with Gasteiger partial charge in [-0.15, -0.1) is 0 Å². The van der Waals surface area contributed by atoms with Gasteiger partial charge in [-0.3, -0.25) is 0 Å². The summed E-state index contributed by atoms with van der Waals surface area (Å²) in [4.78, 5) is 10.7. The van der Waals surface area contributed by atoms with E-state index >= 15 is 0 Å². The molecule has 1 aliphatic rings. The van der Waals surface area contributed by atoms with Crippen molar-refractivity contribution in [2.45, 2.75) is 39.7 Å². The Kier molecular flexibility index (Phi) is 8.62. The number of aliphatic hydroxyl groups is 1. The van der Waals surface area contributed by atoms with Crippen LogP contribution in [0.1, 0.15) is 33.6 Å². The van der Waals surface area contributed by atoms with Crippen LogP contribution in [0.5, 0.6) is 0 Å². The topological polar surface area (TPSA) is 55.8 Å². The normalized spacial score (nSPS) is 15.8. The quantitative estimate of drug-likeness (QED) is 0.752. The maximum Gasteiger partial charge on any atom is 0.335 e. The van der Waals surface area contributed by atoms with Crippen LogP contribution in [0.15, 0.2) is 12.3 Å². The van der Waals surface area contributed by atoms with Crippen molar-refractivity contribution in [1.29, 1.82) is 0 Å². The van der Waals surface area contributed by atoms with Gasteiger partial charge in [-0.25, -0.2) is 4.79 Å². The highest BCUT2D eigenvalue weighted by atomic mass is 16.5. The van der Waals surface area contributed by atoms with Crippen molar-refractivity contribution in [1.82, 2.24) is 0 Å². The number of ether oxygens (including phenoxy) is 2. The third kappa shape index (κ3) is 7.29. The molecule has 4 heteroatoms. The second-order valence-electron chi connectivity index (χ2n) is 3.83. The molecule has 1 atom stereocenters. The van der Waals surface area contributed by atoms with Gasteiger partial charge in [0.2, 0.25) is 0 Å². The molecule has 0 spiro atoms. The number of hydrogen-bond donors (Lipinski definition) is 1. The molecule has 1 heterocycles. The van der Waals surface area contributed by atoms with E-state index in [0.717, 1.165) is 6.61 Å². The highest BCUT2D eigenvalue weighted by molar-refractivity contribution is 5.74. The molecule has 1 N–H and O–H groups in total. The fraction of sp³-hybridized carbons (Fsp3) is 0.750. The molecule has 1 aliphatic heterocycles. The average Bonchev–Trinajstić information content (AvgIpc) is 2.31. The van der Waals surface area contributed by atoms with Gasteiger partial charge in [-0.1, -0.05) is 13.8 Å². The predicted molar refractivity (Wildman–Crippen MR) is 61.8 cm³/mol. The average molecular weight is 230 g/mol. The van der Waals surface area contributed by atoms with Crippen molar-refractivity contribution in [3.8, 4) is 0 Å². The molecule has 0 amide bonds. The van der Waals surface area contributed by atoms with E-state index in [1.54, 1.807) is 27.0 Å². The first-order valence-electron chi connectivity index (χ1n) is 5.70. The number of esters is 1. The molecule has 0 radical (unpaired) electrons. The zero-order valence-electron chi connectivity index (χ0n) is 10.3. The van der Waals surface area contributed by atoms with E-state index in [2.05, 4.69) is 4.74 Å². The van der Waals surface area contributed by atoms with Gasteiger partial charge in [0.05, 0.1) is 19.5 Å². The lowest BCUT2D eigenvalue weighted by molar-refractivity contribution is -0.155. The van der Waals surface area contributed by atoms with Gasteiger partial charge in [0.15, 0.2) is 6.10 Å². The Labute approximate surface area is 97.2 Å². The van der Waals surface area contributed by atoms with Crippen LogP contribution >= 0.6 is 0 Å². The maximum absolute atomic E-state index is 10.7. The summed E-state index contributed by atoms with van der Waals surface area (Å²) in [6, 6.07) is 0. The number of carbonyl (C=O) groups excluding carboxylic acids is 1. The molecule has 0 saturated heterocycles. The monoisotopic (exact) mass is 230 g/mol. The Morgan fingerprint density at radius 3 is 2.50 bits per heavy atom. The van der Waals surface area contributed by atoms with Crippen molar-refractivity contribution in [3.05, 3.63) is 12.3 Å². The molecule has 1 unspecified atom stereocenters. The highest BCUT2D eigenvalue weighted by Crippen LogP contribution is 2.02. The van der Waals surface area contributed by atoms with E-state index < -0.39 is 12.1 Å². The van der Waals surface area contributed by atoms with Crippen LogP contribution < -0.4 is 0 Å². The molecule has 4 nitrogen and oxygen atoms in total. The van der Waals surface area contributed by atoms with Gasteiger partial charge in [0.1, 0.15) is 0 Å². The Balaban J connectivity index is 0.000000315. The van der Waals surface area contributed by atoms with Crippen LogP contribution in [-0.2, 0) is 14.3 Å². The number of rotatable bonds is 3. The molecule has 16 heavy (non-hydrogen) atoms. The lowest BCUT2D eigenvalue weighted by Crippen LogP contribution is -2.27. The number of aliphatic hydroxyl groups excluding tert-OH is 1. The summed E-state index contributed by atoms with van der Waals surface area (Å²) < 4.78 is 9.46. The first-order chi connectivity index (χ1) is 7.59. The van der Waals surface area contributed by atoms with E-state index in [9.17, 15) is 4.79 Å². The summed E-state index contributed by atoms with van der Waals surface area (Å²) in [7, 11) is 0. The summed E-state index contributed by atoms with van der Waals surface area (Å²) >= 11 is 0. The Morgan fingerprint density at radius 2 is 2.25 bits per heavy atom. The van der Waals surface area contributed by atoms with Gasteiger partial charge in [0.25, 0.3) is 0 Å². The molecule has 0 aromatic rings. The van der Waals surface area contributed by atoms with Crippen LogP contribution in [-0.4, -0.2) is 30.4 Å². The van der Waals surface area contributed by atoms with Crippen LogP contribution in [0.4, 0.5) is 0 Å². The molecule has 0 aromatic heterocycles. The van der Waals surface area contributed by atoms with Gasteiger partial charge in [0, 0.05) is 0 Å². The summed E-state index contributed by atoms with van der Waals surface area (Å²) in [6.45, 7) is 6.48. The molecule has 0 bridgehead atoms. The molecule has 1 rings (SSSR count). The Morgan fingerprint density at radius 1 is 1.56 bits per heavy atom. The van der Waals surface area contributed by atoms with Crippen LogP contribution in [0.2, 0.25) is 0 Å². The molecule has 0 saturated carbocycles. The molecule has 94 valence electrons. The van der Waals surface area contributed by atoms with Gasteiger partial charge >= 0.3 is 5.97 Å². The Bertz CT molecular complexity index is 203. The lowest BCUT2D eigenvalue weighted by Gasteiger charge is -2.11. The second-order valence-corrected chi connectivity index (χ2v) is 3.83. The fourth-order valence-corrected chi connectivity index (χ4v) is 0.988. The number of hydrogen-bond acceptors (Lipinski definition) is 4. The van der Waals surface area contributed by atoms with Gasteiger partial charge in [-0.05, 0) is 31.8 Å². The minimum atomic E-state index is -0.972. The van der Waals surface area contributed by atoms with Crippen LogP contribution in [0, 0.1) is 5.92 Å². The first kappa shape index (κ1) is 15.0. The van der Waals surface area contributed by atoms with Crippen LogP contribution in [0.3, 0.4) is 0 Å². The second kappa shape index (κ2) is 9.21. The predicted octanol–water partition coefficient (Wildman–Crippen LogP) is 1.88. The lowest BCUT2D eigenvalue weighted by atomic mass is 10.1. The largest absolute Gasteiger partial charge is 0.502 e. The minimum absolute atomic E-state index is 0.0703. The summed E-state index contributed by atoms with van der Waals surface area (Å²) in [5.41, 5.74) is 0. The SMILES string of the molecule is C1=COCCC1.CCOC(=O)C(O)C(C)C. The molecular formula is C12H22O4. The van der Waals surface area contributed by atoms with E-state index in [4.69, 9.17) is 9.84 Å². The first-order valence-corrected chi connectivity index (χ1v) is 5.70. The van der Waals surface area contributed by atoms with Gasteiger partial charge in [-0.2, -0.15) is 0 Å². The maximum atomic E-state index is 10.7. The molecule has 0 aliphatic carbocycles. The van der Waals surface area contributed by atoms with E-state index in [1.807, 2.05) is 6.08 Å². The zero-order chi connectivity index (χ0) is 12.4. The van der Waals surface area contributed by atoms with Crippen molar-refractivity contribution in [2.75, 3.05) is 13.2 Å². The molecule has 0 aromatic carbocycles. The molecular weight excluding hydrogens is 208 g/mol. The fourth-order valence-electron chi connectivity index (χ4n) is 0.988. The summed E-state index contributed by atoms with van der Waals surface area (Å²) in [6.07, 6.45) is 5.23. The Hall–Kier alpha value is -1.03. The van der Waals surface area contributed by atoms with Gasteiger partial charge < -0.3 is 14.6 Å². The zero-order valence-corrected chi connectivity index (χ0v) is 10.3. The van der Waals surface area contributed by atoms with Crippen molar-refractivity contribution < 1.29 is 19.4 Å². The molecule has 0 fully saturated rings. The number of carbonyl (C=O) groups is 1. The summed E-state index contributed by atoms with van der Waals surface area (Å²) in [5, 5.41) is 9.05. The van der Waals surface area contributed by atoms with Crippen LogP contribution in [0.25, 0.3) is 0 Å². The van der Waals surface area contributed by atoms with Crippen molar-refractivity contribution in [2.24, 2.45) is 5.92 Å². The highest BCUT2D eigenvalue weighted by Gasteiger charge is 2.19. The number of allylic oxidation sites excluding steroid dienone is 1. The minimum Gasteiger partial charge on any atom is -0.502 e. The van der Waals surface area contributed by atoms with E-state index in [0.29, 0.717) is 6.61 Å². The summed E-state index contributed by atoms with van der Waals surface area (Å²) in [5.74, 6) is -0.600. The standard InChI is InChI=1S/C7H14O3.C5H8O/c1-4-10-7(9)6(8)5(2)3;1-2-4-6-5-3-1/h5-6,8H,4H2,1-3H3;2,4H,1,3,5H2. The van der Waals surface area contributed by atoms with Crippen molar-refractivity contribution >= 4 is 5.97 Å². The smallest absolute Gasteiger partial charge is 0.335 e. The van der Waals surface area contributed by atoms with E-state index in [1.165, 1.54) is 12.8 Å². The van der Waals surface area contributed by atoms with Crippen molar-refractivity contribution in [3.63, 3.8) is 0 Å². The van der Waals surface area contributed by atoms with E-state index in [-0.39, 0.29) is 5.92 Å². The third-order valence-corrected chi connectivity index (χ3v) is 1.98.